The second kappa shape index (κ2) is 7.62. The highest BCUT2D eigenvalue weighted by Crippen LogP contribution is 2.07. The second-order valence-corrected chi connectivity index (χ2v) is 4.02. The van der Waals surface area contributed by atoms with E-state index in [1.54, 1.807) is 35.0 Å². The molecule has 0 saturated heterocycles. The first-order chi connectivity index (χ1) is 6.84. The van der Waals surface area contributed by atoms with E-state index in [9.17, 15) is 9.59 Å². The van der Waals surface area contributed by atoms with Gasteiger partial charge in [0.05, 0.1) is 34.4 Å². The van der Waals surface area contributed by atoms with Crippen molar-refractivity contribution in [1.29, 1.82) is 0 Å². The van der Waals surface area contributed by atoms with Crippen molar-refractivity contribution in [3.63, 3.8) is 0 Å². The Morgan fingerprint density at radius 3 is 1.50 bits per heavy atom. The molecule has 0 heterocycles. The summed E-state index contributed by atoms with van der Waals surface area (Å²) in [5, 5.41) is 0. The van der Waals surface area contributed by atoms with E-state index in [-0.39, 0.29) is 34.7 Å². The molecule has 0 atom stereocenters. The number of carbonyl (C=O) groups is 2. The van der Waals surface area contributed by atoms with Gasteiger partial charge >= 0.3 is 11.9 Å². The Hall–Kier alpha value is -0.620. The molecule has 6 heteroatoms. The Kier molecular flexibility index (Phi) is 8.46. The van der Waals surface area contributed by atoms with Crippen LogP contribution in [0.3, 0.4) is 0 Å². The highest BCUT2D eigenvalue weighted by molar-refractivity contribution is 5.97. The van der Waals surface area contributed by atoms with Crippen LogP contribution < -0.4 is 17.0 Å². The number of nitrogens with zero attached hydrogens (tertiary/aromatic N) is 1. The molecule has 0 aromatic heterocycles. The minimum atomic E-state index is -0.912. The van der Waals surface area contributed by atoms with Crippen LogP contribution in [0.25, 0.3) is 0 Å². The maximum atomic E-state index is 11.6. The zero-order valence-electron chi connectivity index (χ0n) is 10.4. The highest BCUT2D eigenvalue weighted by atomic mass is 79.9. The van der Waals surface area contributed by atoms with Crippen molar-refractivity contribution in [2.75, 3.05) is 34.4 Å². The van der Waals surface area contributed by atoms with Crippen LogP contribution in [0.15, 0.2) is 0 Å². The molecule has 0 aromatic rings. The van der Waals surface area contributed by atoms with E-state index in [2.05, 4.69) is 0 Å². The Morgan fingerprint density at radius 2 is 1.31 bits per heavy atom. The topological polar surface area (TPSA) is 52.6 Å². The molecule has 16 heavy (non-hydrogen) atoms. The molecular weight excluding hydrogens is 278 g/mol. The van der Waals surface area contributed by atoms with Crippen molar-refractivity contribution in [3.05, 3.63) is 0 Å². The third-order valence-corrected chi connectivity index (χ3v) is 1.79. The first-order valence-electron chi connectivity index (χ1n) is 4.99. The molecule has 0 radical (unpaired) electrons. The van der Waals surface area contributed by atoms with Crippen LogP contribution in [0.2, 0.25) is 0 Å². The van der Waals surface area contributed by atoms with E-state index < -0.39 is 18.0 Å². The van der Waals surface area contributed by atoms with E-state index >= 15 is 0 Å². The molecule has 0 aromatic carbocycles. The molecule has 0 rings (SSSR count). The first kappa shape index (κ1) is 17.8. The fourth-order valence-corrected chi connectivity index (χ4v) is 1.17. The monoisotopic (exact) mass is 297 g/mol. The Bertz CT molecular complexity index is 219. The fraction of sp³-hybridized carbons (Fsp3) is 0.800. The average molecular weight is 298 g/mol. The number of hydrogen-bond donors (Lipinski definition) is 0. The molecule has 0 aliphatic rings. The minimum Gasteiger partial charge on any atom is -1.00 e. The van der Waals surface area contributed by atoms with Crippen LogP contribution in [-0.2, 0) is 19.1 Å². The summed E-state index contributed by atoms with van der Waals surface area (Å²) in [6.07, 6.45) is 0. The quantitative estimate of drug-likeness (QED) is 0.312. The zero-order valence-corrected chi connectivity index (χ0v) is 12.0. The van der Waals surface area contributed by atoms with Gasteiger partial charge in [0, 0.05) is 0 Å². The number of hydrogen-bond acceptors (Lipinski definition) is 4. The van der Waals surface area contributed by atoms with Crippen molar-refractivity contribution < 1.29 is 40.5 Å². The van der Waals surface area contributed by atoms with Gasteiger partial charge in [0.25, 0.3) is 6.04 Å². The maximum absolute atomic E-state index is 11.6. The SMILES string of the molecule is CCOC(=O)C(C(=O)OCC)[N+](C)(C)C.[Br-]. The molecule has 0 amide bonds. The van der Waals surface area contributed by atoms with E-state index in [4.69, 9.17) is 9.47 Å². The van der Waals surface area contributed by atoms with Gasteiger partial charge in [-0.2, -0.15) is 0 Å². The molecule has 0 fully saturated rings. The van der Waals surface area contributed by atoms with Crippen molar-refractivity contribution >= 4 is 11.9 Å². The molecule has 5 nitrogen and oxygen atoms in total. The van der Waals surface area contributed by atoms with E-state index in [0.29, 0.717) is 0 Å². The summed E-state index contributed by atoms with van der Waals surface area (Å²) in [6.45, 7) is 3.93. The molecule has 0 bridgehead atoms. The third kappa shape index (κ3) is 5.46. The predicted octanol–water partition coefficient (Wildman–Crippen LogP) is -2.81. The number of quaternary nitrogens is 1. The summed E-state index contributed by atoms with van der Waals surface area (Å²) in [5.41, 5.74) is 0. The maximum Gasteiger partial charge on any atom is 0.377 e. The van der Waals surface area contributed by atoms with Gasteiger partial charge in [-0.25, -0.2) is 9.59 Å². The van der Waals surface area contributed by atoms with Gasteiger partial charge in [-0.3, -0.25) is 0 Å². The molecule has 0 aliphatic carbocycles. The third-order valence-electron chi connectivity index (χ3n) is 1.79. The highest BCUT2D eigenvalue weighted by Gasteiger charge is 2.41. The Balaban J connectivity index is 0. The van der Waals surface area contributed by atoms with Gasteiger partial charge in [0.1, 0.15) is 0 Å². The first-order valence-corrected chi connectivity index (χ1v) is 4.99. The molecular formula is C10H20BrNO4. The largest absolute Gasteiger partial charge is 1.00 e. The number of rotatable bonds is 5. The molecule has 0 N–H and O–H groups in total. The van der Waals surface area contributed by atoms with Crippen molar-refractivity contribution in [2.24, 2.45) is 0 Å². The lowest BCUT2D eigenvalue weighted by atomic mass is 10.2. The lowest BCUT2D eigenvalue weighted by molar-refractivity contribution is -0.879. The standard InChI is InChI=1S/C10H20NO4.BrH/c1-6-14-9(12)8(11(3,4)5)10(13)15-7-2;/h8H,6-7H2,1-5H3;1H/q+1;/p-1. The average Bonchev–Trinajstić information content (AvgIpc) is 2.01. The molecule has 0 aliphatic heterocycles. The molecule has 0 spiro atoms. The van der Waals surface area contributed by atoms with Crippen LogP contribution in [-0.4, -0.2) is 56.8 Å². The van der Waals surface area contributed by atoms with Gasteiger partial charge in [-0.1, -0.05) is 0 Å². The minimum absolute atomic E-state index is 0. The number of likely N-dealkylation sites (N-methyl/N-ethyl adjacent to an activating group) is 1. The number of carbonyl (C=O) groups excluding carboxylic acids is 2. The normalized spacial score (nSPS) is 10.6. The van der Waals surface area contributed by atoms with Crippen LogP contribution in [0.4, 0.5) is 0 Å². The number of ether oxygens (including phenoxy) is 2. The van der Waals surface area contributed by atoms with Crippen LogP contribution in [0.5, 0.6) is 0 Å². The van der Waals surface area contributed by atoms with Gasteiger partial charge in [-0.15, -0.1) is 0 Å². The number of esters is 2. The summed E-state index contributed by atoms with van der Waals surface area (Å²) >= 11 is 0. The predicted molar refractivity (Wildman–Crippen MR) is 55.1 cm³/mol. The lowest BCUT2D eigenvalue weighted by Crippen LogP contribution is -3.00. The van der Waals surface area contributed by atoms with Crippen molar-refractivity contribution in [3.8, 4) is 0 Å². The van der Waals surface area contributed by atoms with Crippen molar-refractivity contribution in [1.82, 2.24) is 0 Å². The van der Waals surface area contributed by atoms with Gasteiger partial charge in [0.2, 0.25) is 0 Å². The summed E-state index contributed by atoms with van der Waals surface area (Å²) < 4.78 is 9.85. The molecule has 96 valence electrons. The van der Waals surface area contributed by atoms with Crippen LogP contribution in [0.1, 0.15) is 13.8 Å². The van der Waals surface area contributed by atoms with Crippen LogP contribution in [0, 0.1) is 0 Å². The summed E-state index contributed by atoms with van der Waals surface area (Å²) in [4.78, 5) is 23.1. The number of halogens is 1. The van der Waals surface area contributed by atoms with E-state index in [1.807, 2.05) is 0 Å². The van der Waals surface area contributed by atoms with Crippen molar-refractivity contribution in [2.45, 2.75) is 19.9 Å². The van der Waals surface area contributed by atoms with Gasteiger partial charge < -0.3 is 30.9 Å². The van der Waals surface area contributed by atoms with E-state index in [1.165, 1.54) is 0 Å². The Morgan fingerprint density at radius 1 is 1.00 bits per heavy atom. The second-order valence-electron chi connectivity index (χ2n) is 4.02. The smallest absolute Gasteiger partial charge is 0.377 e. The summed E-state index contributed by atoms with van der Waals surface area (Å²) in [7, 11) is 5.25. The van der Waals surface area contributed by atoms with Crippen LogP contribution >= 0.6 is 0 Å². The lowest BCUT2D eigenvalue weighted by Gasteiger charge is -2.30. The Labute approximate surface area is 107 Å². The zero-order chi connectivity index (χ0) is 12.1. The summed E-state index contributed by atoms with van der Waals surface area (Å²) in [6, 6.07) is -0.912. The van der Waals surface area contributed by atoms with E-state index in [0.717, 1.165) is 0 Å². The van der Waals surface area contributed by atoms with Gasteiger partial charge in [-0.05, 0) is 13.8 Å². The van der Waals surface area contributed by atoms with Gasteiger partial charge in [0.15, 0.2) is 0 Å². The molecule has 0 saturated carbocycles. The fourth-order valence-electron chi connectivity index (χ4n) is 1.17. The molecule has 0 unspecified atom stereocenters. The summed E-state index contributed by atoms with van der Waals surface area (Å²) in [5.74, 6) is -1.08.